The zero-order valence-electron chi connectivity index (χ0n) is 19.8. The molecule has 0 aromatic heterocycles. The Balaban J connectivity index is 1.43. The first kappa shape index (κ1) is 26.4. The SMILES string of the molecule is CCS(=O)(=O)c1ccc(Cl)cc1CNC(=O)c1cc(Br)cc(N2CCN(C3CCOCC3)CC2)c1. The predicted molar refractivity (Wildman–Crippen MR) is 142 cm³/mol. The number of nitrogens with zero attached hydrogens (tertiary/aromatic N) is 2. The van der Waals surface area contributed by atoms with Crippen LogP contribution in [0.4, 0.5) is 5.69 Å². The van der Waals surface area contributed by atoms with Crippen molar-refractivity contribution >= 4 is 49.0 Å². The van der Waals surface area contributed by atoms with Crippen LogP contribution in [0.15, 0.2) is 45.8 Å². The number of hydrogen-bond donors (Lipinski definition) is 1. The predicted octanol–water partition coefficient (Wildman–Crippen LogP) is 4.13. The van der Waals surface area contributed by atoms with Gasteiger partial charge in [-0.1, -0.05) is 34.5 Å². The lowest BCUT2D eigenvalue weighted by Gasteiger charge is -2.41. The fourth-order valence-electron chi connectivity index (χ4n) is 4.71. The number of nitrogens with one attached hydrogen (secondary N) is 1. The highest BCUT2D eigenvalue weighted by molar-refractivity contribution is 9.10. The van der Waals surface area contributed by atoms with Gasteiger partial charge in [0, 0.05) is 72.7 Å². The molecule has 190 valence electrons. The molecule has 10 heteroatoms. The van der Waals surface area contributed by atoms with Crippen LogP contribution in [0.2, 0.25) is 5.02 Å². The Morgan fingerprint density at radius 1 is 1.11 bits per heavy atom. The van der Waals surface area contributed by atoms with Crippen LogP contribution in [0.1, 0.15) is 35.7 Å². The van der Waals surface area contributed by atoms with E-state index in [2.05, 4.69) is 31.0 Å². The molecule has 0 radical (unpaired) electrons. The van der Waals surface area contributed by atoms with Crippen LogP contribution < -0.4 is 10.2 Å². The van der Waals surface area contributed by atoms with E-state index in [1.165, 1.54) is 6.07 Å². The van der Waals surface area contributed by atoms with Gasteiger partial charge in [-0.15, -0.1) is 0 Å². The normalized spacial score (nSPS) is 18.0. The van der Waals surface area contributed by atoms with Gasteiger partial charge in [0.15, 0.2) is 9.84 Å². The number of hydrogen-bond acceptors (Lipinski definition) is 6. The van der Waals surface area contributed by atoms with E-state index in [9.17, 15) is 13.2 Å². The Morgan fingerprint density at radius 2 is 1.83 bits per heavy atom. The standard InChI is InChI=1S/C25H31BrClN3O4S/c1-2-35(32,33)24-4-3-21(27)14-19(24)17-28-25(31)18-13-20(26)16-23(15-18)30-9-7-29(8-10-30)22-5-11-34-12-6-22/h3-4,13-16,22H,2,5-12,17H2,1H3,(H,28,31). The average Bonchev–Trinajstić information content (AvgIpc) is 2.87. The zero-order valence-corrected chi connectivity index (χ0v) is 23.0. The summed E-state index contributed by atoms with van der Waals surface area (Å²) in [5.41, 5.74) is 1.99. The molecule has 7 nitrogen and oxygen atoms in total. The van der Waals surface area contributed by atoms with Crippen LogP contribution in [0, 0.1) is 0 Å². The van der Waals surface area contributed by atoms with Gasteiger partial charge >= 0.3 is 0 Å². The number of benzene rings is 2. The van der Waals surface area contributed by atoms with Crippen molar-refractivity contribution in [1.82, 2.24) is 10.2 Å². The second kappa shape index (κ2) is 11.6. The quantitative estimate of drug-likeness (QED) is 0.527. The number of sulfone groups is 1. The van der Waals surface area contributed by atoms with Gasteiger partial charge in [0.1, 0.15) is 0 Å². The molecule has 2 aromatic carbocycles. The molecule has 2 fully saturated rings. The van der Waals surface area contributed by atoms with E-state index in [0.717, 1.165) is 62.4 Å². The van der Waals surface area contributed by atoms with E-state index < -0.39 is 9.84 Å². The fraction of sp³-hybridized carbons (Fsp3) is 0.480. The van der Waals surface area contributed by atoms with E-state index in [1.54, 1.807) is 25.1 Å². The highest BCUT2D eigenvalue weighted by Crippen LogP contribution is 2.26. The van der Waals surface area contributed by atoms with Gasteiger partial charge in [0.2, 0.25) is 0 Å². The molecule has 0 aliphatic carbocycles. The smallest absolute Gasteiger partial charge is 0.251 e. The van der Waals surface area contributed by atoms with E-state index in [1.807, 2.05) is 12.1 Å². The monoisotopic (exact) mass is 583 g/mol. The summed E-state index contributed by atoms with van der Waals surface area (Å²) in [5.74, 6) is -0.292. The van der Waals surface area contributed by atoms with Crippen molar-refractivity contribution < 1.29 is 17.9 Å². The molecule has 1 N–H and O–H groups in total. The molecule has 4 rings (SSSR count). The third-order valence-corrected chi connectivity index (χ3v) is 9.23. The Bertz CT molecular complexity index is 1160. The van der Waals surface area contributed by atoms with Crippen molar-refractivity contribution in [2.75, 3.05) is 50.0 Å². The van der Waals surface area contributed by atoms with E-state index in [0.29, 0.717) is 22.2 Å². The van der Waals surface area contributed by atoms with Crippen molar-refractivity contribution in [3.8, 4) is 0 Å². The van der Waals surface area contributed by atoms with E-state index in [4.69, 9.17) is 16.3 Å². The Kier molecular flexibility index (Phi) is 8.76. The molecular formula is C25H31BrClN3O4S. The highest BCUT2D eigenvalue weighted by atomic mass is 79.9. The summed E-state index contributed by atoms with van der Waals surface area (Å²) in [6, 6.07) is 10.9. The van der Waals surface area contributed by atoms with Crippen LogP contribution >= 0.6 is 27.5 Å². The van der Waals surface area contributed by atoms with Crippen LogP contribution in [0.5, 0.6) is 0 Å². The molecule has 2 saturated heterocycles. The van der Waals surface area contributed by atoms with Crippen LogP contribution in [0.25, 0.3) is 0 Å². The second-order valence-electron chi connectivity index (χ2n) is 8.90. The lowest BCUT2D eigenvalue weighted by molar-refractivity contribution is 0.0321. The topological polar surface area (TPSA) is 79.0 Å². The lowest BCUT2D eigenvalue weighted by atomic mass is 10.1. The van der Waals surface area contributed by atoms with Crippen molar-refractivity contribution in [3.05, 3.63) is 57.0 Å². The first-order valence-electron chi connectivity index (χ1n) is 11.9. The van der Waals surface area contributed by atoms with Crippen molar-refractivity contribution in [2.45, 2.75) is 37.2 Å². The summed E-state index contributed by atoms with van der Waals surface area (Å²) in [6.07, 6.45) is 2.18. The summed E-state index contributed by atoms with van der Waals surface area (Å²) in [4.78, 5) is 18.1. The maximum absolute atomic E-state index is 13.0. The molecule has 0 bridgehead atoms. The van der Waals surface area contributed by atoms with E-state index >= 15 is 0 Å². The van der Waals surface area contributed by atoms with E-state index in [-0.39, 0.29) is 23.1 Å². The number of ether oxygens (including phenoxy) is 1. The van der Waals surface area contributed by atoms with Crippen molar-refractivity contribution in [2.24, 2.45) is 0 Å². The molecule has 2 aromatic rings. The summed E-state index contributed by atoms with van der Waals surface area (Å²) < 4.78 is 31.2. The molecule has 2 aliphatic rings. The summed E-state index contributed by atoms with van der Waals surface area (Å²) in [5, 5.41) is 3.29. The summed E-state index contributed by atoms with van der Waals surface area (Å²) >= 11 is 9.65. The minimum absolute atomic E-state index is 0.0215. The van der Waals surface area contributed by atoms with Gasteiger partial charge in [0.25, 0.3) is 5.91 Å². The number of piperazine rings is 1. The number of carbonyl (C=O) groups excluding carboxylic acids is 1. The van der Waals surface area contributed by atoms with Gasteiger partial charge < -0.3 is 15.0 Å². The first-order chi connectivity index (χ1) is 16.8. The number of rotatable bonds is 7. The number of halogens is 2. The number of anilines is 1. The Morgan fingerprint density at radius 3 is 2.51 bits per heavy atom. The number of amides is 1. The summed E-state index contributed by atoms with van der Waals surface area (Å²) in [6.45, 7) is 7.12. The highest BCUT2D eigenvalue weighted by Gasteiger charge is 2.26. The molecule has 0 saturated carbocycles. The molecule has 2 heterocycles. The molecule has 1 amide bonds. The van der Waals surface area contributed by atoms with Gasteiger partial charge in [-0.05, 0) is 54.8 Å². The van der Waals surface area contributed by atoms with Gasteiger partial charge in [-0.25, -0.2) is 8.42 Å². The third-order valence-electron chi connectivity index (χ3n) is 6.71. The van der Waals surface area contributed by atoms with Gasteiger partial charge in [-0.2, -0.15) is 0 Å². The van der Waals surface area contributed by atoms with Crippen LogP contribution in [-0.2, 0) is 21.1 Å². The fourth-order valence-corrected chi connectivity index (χ4v) is 6.50. The summed E-state index contributed by atoms with van der Waals surface area (Å²) in [7, 11) is -3.43. The Hall–Kier alpha value is -1.65. The third kappa shape index (κ3) is 6.57. The van der Waals surface area contributed by atoms with Crippen molar-refractivity contribution in [1.29, 1.82) is 0 Å². The molecule has 0 unspecified atom stereocenters. The minimum Gasteiger partial charge on any atom is -0.381 e. The Labute approximate surface area is 220 Å². The first-order valence-corrected chi connectivity index (χ1v) is 14.8. The van der Waals surface area contributed by atoms with Crippen molar-refractivity contribution in [3.63, 3.8) is 0 Å². The molecule has 35 heavy (non-hydrogen) atoms. The zero-order chi connectivity index (χ0) is 25.0. The second-order valence-corrected chi connectivity index (χ2v) is 12.5. The van der Waals surface area contributed by atoms with Crippen LogP contribution in [0.3, 0.4) is 0 Å². The molecule has 0 spiro atoms. The largest absolute Gasteiger partial charge is 0.381 e. The molecule has 2 aliphatic heterocycles. The van der Waals surface area contributed by atoms with Gasteiger partial charge in [0.05, 0.1) is 10.6 Å². The van der Waals surface area contributed by atoms with Crippen LogP contribution in [-0.4, -0.2) is 70.4 Å². The van der Waals surface area contributed by atoms with Gasteiger partial charge in [-0.3, -0.25) is 9.69 Å². The molecule has 0 atom stereocenters. The molecular weight excluding hydrogens is 554 g/mol. The average molecular weight is 585 g/mol. The maximum Gasteiger partial charge on any atom is 0.251 e. The minimum atomic E-state index is -3.43. The lowest BCUT2D eigenvalue weighted by Crippen LogP contribution is -2.51. The maximum atomic E-state index is 13.0. The number of carbonyl (C=O) groups is 1.